The second-order valence-electron chi connectivity index (χ2n) is 2.24. The monoisotopic (exact) mass is 187 g/mol. The first-order chi connectivity index (χ1) is 5.15. The smallest absolute Gasteiger partial charge is 0.261 e. The van der Waals surface area contributed by atoms with Crippen molar-refractivity contribution >= 4 is 31.1 Å². The van der Waals surface area contributed by atoms with Gasteiger partial charge in [0.1, 0.15) is 0 Å². The molecule has 1 aromatic rings. The number of hydrogen-bond acceptors (Lipinski definition) is 2. The van der Waals surface area contributed by atoms with Crippen LogP contribution in [0.5, 0.6) is 0 Å². The van der Waals surface area contributed by atoms with Gasteiger partial charge in [0.15, 0.2) is 0 Å². The zero-order chi connectivity index (χ0) is 8.43. The molecular formula is C7H10NOPS. The number of amides is 1. The number of thiophene rings is 1. The molecule has 0 bridgehead atoms. The van der Waals surface area contributed by atoms with E-state index in [1.54, 1.807) is 7.05 Å². The highest BCUT2D eigenvalue weighted by atomic mass is 32.1. The third-order valence-corrected chi connectivity index (χ3v) is 2.96. The van der Waals surface area contributed by atoms with Crippen LogP contribution < -0.4 is 9.94 Å². The Kier molecular flexibility index (Phi) is 2.63. The average Bonchev–Trinajstić information content (AvgIpc) is 2.28. The number of nitrogens with one attached hydrogen (secondary N) is 1. The quantitative estimate of drug-likeness (QED) is 0.651. The van der Waals surface area contributed by atoms with E-state index in [2.05, 4.69) is 14.6 Å². The molecule has 1 amide bonds. The van der Waals surface area contributed by atoms with Gasteiger partial charge in [0.25, 0.3) is 5.91 Å². The Morgan fingerprint density at radius 2 is 2.36 bits per heavy atom. The maximum absolute atomic E-state index is 11.1. The second-order valence-corrected chi connectivity index (χ2v) is 4.36. The van der Waals surface area contributed by atoms with Crippen molar-refractivity contribution < 1.29 is 4.79 Å². The Morgan fingerprint density at radius 1 is 1.73 bits per heavy atom. The molecule has 0 aliphatic carbocycles. The highest BCUT2D eigenvalue weighted by molar-refractivity contribution is 7.43. The van der Waals surface area contributed by atoms with Crippen LogP contribution in [0.4, 0.5) is 0 Å². The first-order valence-electron chi connectivity index (χ1n) is 3.23. The summed E-state index contributed by atoms with van der Waals surface area (Å²) in [6.07, 6.45) is 0. The van der Waals surface area contributed by atoms with Crippen molar-refractivity contribution in [3.63, 3.8) is 0 Å². The molecule has 0 aliphatic heterocycles. The summed E-state index contributed by atoms with van der Waals surface area (Å²) >= 11 is 1.50. The summed E-state index contributed by atoms with van der Waals surface area (Å²) in [4.78, 5) is 11.9. The molecule has 0 spiro atoms. The summed E-state index contributed by atoms with van der Waals surface area (Å²) in [6.45, 7) is 1.94. The normalized spacial score (nSPS) is 9.73. The number of hydrogen-bond donors (Lipinski definition) is 1. The molecule has 0 aliphatic rings. The van der Waals surface area contributed by atoms with Crippen molar-refractivity contribution in [2.75, 3.05) is 7.05 Å². The van der Waals surface area contributed by atoms with Gasteiger partial charge in [0.2, 0.25) is 0 Å². The fourth-order valence-corrected chi connectivity index (χ4v) is 2.34. The number of carbonyl (C=O) groups is 1. The SMILES string of the molecule is CNC(=O)c1sc(P)cc1C. The molecule has 1 aromatic heterocycles. The van der Waals surface area contributed by atoms with Gasteiger partial charge < -0.3 is 5.32 Å². The van der Waals surface area contributed by atoms with Crippen LogP contribution in [0, 0.1) is 6.92 Å². The van der Waals surface area contributed by atoms with E-state index in [9.17, 15) is 4.79 Å². The minimum absolute atomic E-state index is 0.00111. The predicted octanol–water partition coefficient (Wildman–Crippen LogP) is 0.917. The minimum Gasteiger partial charge on any atom is -0.354 e. The van der Waals surface area contributed by atoms with Gasteiger partial charge in [-0.05, 0) is 18.6 Å². The summed E-state index contributed by atoms with van der Waals surface area (Å²) in [7, 11) is 4.23. The van der Waals surface area contributed by atoms with Crippen LogP contribution in [-0.4, -0.2) is 13.0 Å². The van der Waals surface area contributed by atoms with E-state index in [1.165, 1.54) is 11.3 Å². The Bertz CT molecular complexity index is 282. The molecule has 11 heavy (non-hydrogen) atoms. The zero-order valence-corrected chi connectivity index (χ0v) is 8.44. The molecule has 0 saturated carbocycles. The molecule has 1 unspecified atom stereocenters. The third-order valence-electron chi connectivity index (χ3n) is 1.37. The van der Waals surface area contributed by atoms with Gasteiger partial charge in [-0.15, -0.1) is 11.3 Å². The fourth-order valence-electron chi connectivity index (χ4n) is 0.846. The molecule has 0 radical (unpaired) electrons. The van der Waals surface area contributed by atoms with Crippen LogP contribution in [0.2, 0.25) is 0 Å². The fraction of sp³-hybridized carbons (Fsp3) is 0.286. The third kappa shape index (κ3) is 1.79. The zero-order valence-electron chi connectivity index (χ0n) is 6.47. The summed E-state index contributed by atoms with van der Waals surface area (Å²) in [5.41, 5.74) is 1.04. The maximum Gasteiger partial charge on any atom is 0.261 e. The summed E-state index contributed by atoms with van der Waals surface area (Å²) < 4.78 is 1.10. The highest BCUT2D eigenvalue weighted by Gasteiger charge is 2.09. The predicted molar refractivity (Wildman–Crippen MR) is 51.8 cm³/mol. The Labute approximate surface area is 72.2 Å². The van der Waals surface area contributed by atoms with Gasteiger partial charge >= 0.3 is 0 Å². The number of carbonyl (C=O) groups excluding carboxylic acids is 1. The molecule has 4 heteroatoms. The largest absolute Gasteiger partial charge is 0.354 e. The van der Waals surface area contributed by atoms with Crippen molar-refractivity contribution in [3.05, 3.63) is 16.5 Å². The second kappa shape index (κ2) is 3.33. The molecule has 1 rings (SSSR count). The first kappa shape index (κ1) is 8.69. The molecule has 1 N–H and O–H groups in total. The molecular weight excluding hydrogens is 177 g/mol. The van der Waals surface area contributed by atoms with E-state index in [0.29, 0.717) is 0 Å². The number of aryl methyl sites for hydroxylation is 1. The lowest BCUT2D eigenvalue weighted by atomic mass is 10.3. The average molecular weight is 187 g/mol. The summed E-state index contributed by atoms with van der Waals surface area (Å²) in [6, 6.07) is 1.99. The lowest BCUT2D eigenvalue weighted by molar-refractivity contribution is 0.0966. The maximum atomic E-state index is 11.1. The van der Waals surface area contributed by atoms with Gasteiger partial charge in [-0.2, -0.15) is 0 Å². The molecule has 1 atom stereocenters. The molecule has 60 valence electrons. The van der Waals surface area contributed by atoms with Gasteiger partial charge in [-0.3, -0.25) is 4.79 Å². The lowest BCUT2D eigenvalue weighted by Gasteiger charge is -1.94. The minimum atomic E-state index is 0.00111. The van der Waals surface area contributed by atoms with Gasteiger partial charge in [-0.25, -0.2) is 0 Å². The molecule has 0 aromatic carbocycles. The van der Waals surface area contributed by atoms with Crippen LogP contribution in [0.3, 0.4) is 0 Å². The summed E-state index contributed by atoms with van der Waals surface area (Å²) in [5, 5.41) is 2.60. The van der Waals surface area contributed by atoms with Crippen molar-refractivity contribution in [2.45, 2.75) is 6.92 Å². The molecule has 0 saturated heterocycles. The molecule has 0 fully saturated rings. The Hall–Kier alpha value is -0.400. The van der Waals surface area contributed by atoms with Crippen molar-refractivity contribution in [2.24, 2.45) is 0 Å². The van der Waals surface area contributed by atoms with E-state index in [4.69, 9.17) is 0 Å². The van der Waals surface area contributed by atoms with E-state index in [-0.39, 0.29) is 5.91 Å². The van der Waals surface area contributed by atoms with Crippen molar-refractivity contribution in [1.29, 1.82) is 0 Å². The van der Waals surface area contributed by atoms with Crippen LogP contribution in [0.1, 0.15) is 15.2 Å². The van der Waals surface area contributed by atoms with E-state index < -0.39 is 0 Å². The van der Waals surface area contributed by atoms with Gasteiger partial charge in [0.05, 0.1) is 4.88 Å². The van der Waals surface area contributed by atoms with Gasteiger partial charge in [-0.1, -0.05) is 9.24 Å². The van der Waals surface area contributed by atoms with Crippen molar-refractivity contribution in [3.8, 4) is 0 Å². The van der Waals surface area contributed by atoms with Crippen LogP contribution in [0.25, 0.3) is 0 Å². The standard InChI is InChI=1S/C7H10NOPS/c1-4-3-5(10)11-6(4)7(9)8-2/h3H,10H2,1-2H3,(H,8,9). The van der Waals surface area contributed by atoms with E-state index in [0.717, 1.165) is 15.1 Å². The van der Waals surface area contributed by atoms with Crippen molar-refractivity contribution in [1.82, 2.24) is 5.32 Å². The van der Waals surface area contributed by atoms with E-state index in [1.807, 2.05) is 13.0 Å². The lowest BCUT2D eigenvalue weighted by Crippen LogP contribution is -2.17. The summed E-state index contributed by atoms with van der Waals surface area (Å²) in [5.74, 6) is 0.00111. The Morgan fingerprint density at radius 3 is 2.73 bits per heavy atom. The number of rotatable bonds is 1. The van der Waals surface area contributed by atoms with Crippen LogP contribution >= 0.6 is 20.6 Å². The topological polar surface area (TPSA) is 29.1 Å². The molecule has 2 nitrogen and oxygen atoms in total. The Balaban J connectivity index is 3.03. The van der Waals surface area contributed by atoms with Crippen LogP contribution in [-0.2, 0) is 0 Å². The van der Waals surface area contributed by atoms with Crippen LogP contribution in [0.15, 0.2) is 6.07 Å². The molecule has 1 heterocycles. The van der Waals surface area contributed by atoms with Gasteiger partial charge in [0, 0.05) is 11.7 Å². The first-order valence-corrected chi connectivity index (χ1v) is 4.62. The highest BCUT2D eigenvalue weighted by Crippen LogP contribution is 2.15. The van der Waals surface area contributed by atoms with E-state index >= 15 is 0 Å².